The smallest absolute Gasteiger partial charge is 0.324 e. The topological polar surface area (TPSA) is 82.0 Å². The Bertz CT molecular complexity index is 368. The summed E-state index contributed by atoms with van der Waals surface area (Å²) in [6, 6.07) is 1.57. The predicted octanol–water partition coefficient (Wildman–Crippen LogP) is 1.85. The number of pyridine rings is 1. The van der Waals surface area contributed by atoms with Crippen LogP contribution in [0.4, 0.5) is 11.5 Å². The van der Waals surface area contributed by atoms with Crippen molar-refractivity contribution in [2.75, 3.05) is 11.5 Å². The van der Waals surface area contributed by atoms with E-state index in [0.29, 0.717) is 10.6 Å². The van der Waals surface area contributed by atoms with Gasteiger partial charge < -0.3 is 5.73 Å². The van der Waals surface area contributed by atoms with E-state index in [2.05, 4.69) is 11.6 Å². The van der Waals surface area contributed by atoms with Crippen molar-refractivity contribution in [3.05, 3.63) is 35.0 Å². The highest BCUT2D eigenvalue weighted by molar-refractivity contribution is 7.99. The van der Waals surface area contributed by atoms with Crippen LogP contribution in [-0.4, -0.2) is 15.7 Å². The Morgan fingerprint density at radius 1 is 1.79 bits per heavy atom. The van der Waals surface area contributed by atoms with E-state index in [1.54, 1.807) is 12.1 Å². The minimum Gasteiger partial charge on any atom is -0.378 e. The van der Waals surface area contributed by atoms with Crippen molar-refractivity contribution in [3.8, 4) is 0 Å². The van der Waals surface area contributed by atoms with Gasteiger partial charge in [-0.2, -0.15) is 0 Å². The highest BCUT2D eigenvalue weighted by atomic mass is 32.2. The van der Waals surface area contributed by atoms with E-state index in [9.17, 15) is 10.1 Å². The maximum Gasteiger partial charge on any atom is 0.324 e. The molecule has 2 N–H and O–H groups in total. The van der Waals surface area contributed by atoms with Gasteiger partial charge in [-0.25, -0.2) is 4.98 Å². The summed E-state index contributed by atoms with van der Waals surface area (Å²) in [7, 11) is 0. The van der Waals surface area contributed by atoms with Crippen molar-refractivity contribution in [1.82, 2.24) is 4.98 Å². The number of nitrogen functional groups attached to an aromatic ring is 1. The molecule has 0 spiro atoms. The van der Waals surface area contributed by atoms with Crippen LogP contribution in [0.25, 0.3) is 0 Å². The highest BCUT2D eigenvalue weighted by Gasteiger charge is 2.18. The molecule has 0 bridgehead atoms. The number of anilines is 1. The molecule has 6 heteroatoms. The van der Waals surface area contributed by atoms with Crippen molar-refractivity contribution in [1.29, 1.82) is 0 Å². The lowest BCUT2D eigenvalue weighted by Crippen LogP contribution is -1.99. The number of thioether (sulfide) groups is 1. The van der Waals surface area contributed by atoms with E-state index in [4.69, 9.17) is 5.73 Å². The fraction of sp³-hybridized carbons (Fsp3) is 0.125. The Kier molecular flexibility index (Phi) is 3.47. The Hall–Kier alpha value is -1.56. The molecule has 5 nitrogen and oxygen atoms in total. The molecule has 0 aliphatic heterocycles. The third kappa shape index (κ3) is 2.23. The molecule has 0 unspecified atom stereocenters. The second-order valence-electron chi connectivity index (χ2n) is 2.40. The molecular formula is C8H9N3O2S. The second-order valence-corrected chi connectivity index (χ2v) is 3.46. The van der Waals surface area contributed by atoms with Gasteiger partial charge in [-0.15, -0.1) is 18.3 Å². The molecule has 0 aromatic carbocycles. The molecule has 0 radical (unpaired) electrons. The summed E-state index contributed by atoms with van der Waals surface area (Å²) in [5, 5.41) is 10.7. The minimum absolute atomic E-state index is 0.0518. The molecule has 0 amide bonds. The Labute approximate surface area is 85.2 Å². The van der Waals surface area contributed by atoms with Crippen LogP contribution in [0.5, 0.6) is 0 Å². The van der Waals surface area contributed by atoms with Crippen molar-refractivity contribution >= 4 is 23.3 Å². The Morgan fingerprint density at radius 3 is 3.07 bits per heavy atom. The predicted molar refractivity (Wildman–Crippen MR) is 56.2 cm³/mol. The van der Waals surface area contributed by atoms with Gasteiger partial charge in [0.25, 0.3) is 0 Å². The lowest BCUT2D eigenvalue weighted by atomic mass is 10.4. The average molecular weight is 211 g/mol. The zero-order valence-corrected chi connectivity index (χ0v) is 8.16. The van der Waals surface area contributed by atoms with Crippen molar-refractivity contribution in [2.45, 2.75) is 4.90 Å². The number of nitro groups is 1. The van der Waals surface area contributed by atoms with Crippen LogP contribution >= 0.6 is 11.8 Å². The molecule has 0 saturated heterocycles. The van der Waals surface area contributed by atoms with Crippen molar-refractivity contribution in [3.63, 3.8) is 0 Å². The van der Waals surface area contributed by atoms with Gasteiger partial charge in [0.05, 0.1) is 9.82 Å². The van der Waals surface area contributed by atoms with E-state index >= 15 is 0 Å². The molecule has 74 valence electrons. The quantitative estimate of drug-likeness (QED) is 0.355. The largest absolute Gasteiger partial charge is 0.378 e. The number of nitrogens with two attached hydrogens (primary N) is 1. The van der Waals surface area contributed by atoms with Crippen LogP contribution in [-0.2, 0) is 0 Å². The lowest BCUT2D eigenvalue weighted by molar-refractivity contribution is -0.387. The van der Waals surface area contributed by atoms with Crippen LogP contribution in [0, 0.1) is 10.1 Å². The zero-order chi connectivity index (χ0) is 10.6. The van der Waals surface area contributed by atoms with Crippen molar-refractivity contribution < 1.29 is 4.92 Å². The third-order valence-corrected chi connectivity index (χ3v) is 2.50. The number of rotatable bonds is 4. The van der Waals surface area contributed by atoms with Gasteiger partial charge in [-0.05, 0) is 6.07 Å². The molecule has 1 aromatic heterocycles. The molecule has 0 aliphatic carbocycles. The minimum atomic E-state index is -0.520. The molecule has 0 fully saturated rings. The first-order valence-electron chi connectivity index (χ1n) is 3.79. The fourth-order valence-corrected chi connectivity index (χ4v) is 1.67. The van der Waals surface area contributed by atoms with E-state index in [1.807, 2.05) is 0 Å². The van der Waals surface area contributed by atoms with Crippen LogP contribution < -0.4 is 5.73 Å². The van der Waals surface area contributed by atoms with E-state index in [1.165, 1.54) is 18.0 Å². The molecule has 0 saturated carbocycles. The van der Waals surface area contributed by atoms with Gasteiger partial charge >= 0.3 is 5.69 Å². The summed E-state index contributed by atoms with van der Waals surface area (Å²) in [6.07, 6.45) is 3.12. The van der Waals surface area contributed by atoms with E-state index < -0.39 is 4.92 Å². The van der Waals surface area contributed by atoms with Gasteiger partial charge in [0.2, 0.25) is 5.82 Å². The molecule has 1 rings (SSSR count). The first-order chi connectivity index (χ1) is 6.66. The summed E-state index contributed by atoms with van der Waals surface area (Å²) in [6.45, 7) is 3.54. The van der Waals surface area contributed by atoms with Gasteiger partial charge in [0, 0.05) is 11.9 Å². The second kappa shape index (κ2) is 4.61. The average Bonchev–Trinajstić information content (AvgIpc) is 2.14. The molecule has 14 heavy (non-hydrogen) atoms. The van der Waals surface area contributed by atoms with Gasteiger partial charge in [0.15, 0.2) is 0 Å². The maximum absolute atomic E-state index is 10.7. The molecule has 1 aromatic rings. The molecule has 0 aliphatic rings. The number of aromatic nitrogens is 1. The summed E-state index contributed by atoms with van der Waals surface area (Å²) in [4.78, 5) is 14.3. The summed E-state index contributed by atoms with van der Waals surface area (Å²) in [5.41, 5.74) is 5.28. The number of hydrogen-bond donors (Lipinski definition) is 1. The Balaban J connectivity index is 3.07. The normalized spacial score (nSPS) is 9.71. The summed E-state index contributed by atoms with van der Waals surface area (Å²) in [5.74, 6) is 0.550. The molecule has 1 heterocycles. The van der Waals surface area contributed by atoms with Crippen LogP contribution in [0.1, 0.15) is 0 Å². The van der Waals surface area contributed by atoms with Crippen molar-refractivity contribution in [2.24, 2.45) is 0 Å². The van der Waals surface area contributed by atoms with Gasteiger partial charge in [-0.1, -0.05) is 6.08 Å². The standard InChI is InChI=1S/C8H9N3O2S/c1-2-5-14-6-3-4-10-8(9)7(6)11(12)13/h2-4H,1,5H2,(H2,9,10). The van der Waals surface area contributed by atoms with Crippen LogP contribution in [0.2, 0.25) is 0 Å². The molecule has 0 atom stereocenters. The van der Waals surface area contributed by atoms with Gasteiger partial charge in [-0.3, -0.25) is 10.1 Å². The summed E-state index contributed by atoms with van der Waals surface area (Å²) >= 11 is 1.31. The fourth-order valence-electron chi connectivity index (χ4n) is 0.900. The Morgan fingerprint density at radius 2 is 2.50 bits per heavy atom. The highest BCUT2D eigenvalue weighted by Crippen LogP contribution is 2.32. The SMILES string of the molecule is C=CCSc1ccnc(N)c1[N+](=O)[O-]. The monoisotopic (exact) mass is 211 g/mol. The first-order valence-corrected chi connectivity index (χ1v) is 4.78. The number of hydrogen-bond acceptors (Lipinski definition) is 5. The summed E-state index contributed by atoms with van der Waals surface area (Å²) < 4.78 is 0. The number of nitrogens with zero attached hydrogens (tertiary/aromatic N) is 2. The van der Waals surface area contributed by atoms with Crippen LogP contribution in [0.15, 0.2) is 29.8 Å². The lowest BCUT2D eigenvalue weighted by Gasteiger charge is -2.01. The van der Waals surface area contributed by atoms with Gasteiger partial charge in [0.1, 0.15) is 0 Å². The first kappa shape index (κ1) is 10.5. The van der Waals surface area contributed by atoms with E-state index in [-0.39, 0.29) is 11.5 Å². The molecular weight excluding hydrogens is 202 g/mol. The maximum atomic E-state index is 10.7. The zero-order valence-electron chi connectivity index (χ0n) is 7.34. The third-order valence-electron chi connectivity index (χ3n) is 1.45. The van der Waals surface area contributed by atoms with Crippen LogP contribution in [0.3, 0.4) is 0 Å². The van der Waals surface area contributed by atoms with E-state index in [0.717, 1.165) is 0 Å².